The molecule has 8 rings (SSSR count). The predicted molar refractivity (Wildman–Crippen MR) is 249 cm³/mol. The molecule has 4 heterocycles. The topological polar surface area (TPSA) is 170 Å². The first kappa shape index (κ1) is 60.6. The predicted octanol–water partition coefficient (Wildman–Crippen LogP) is 7.61. The van der Waals surface area contributed by atoms with Gasteiger partial charge in [-0.15, -0.1) is 0 Å². The number of alkyl halides is 6. The molecule has 13 nitrogen and oxygen atoms in total. The Morgan fingerprint density at radius 3 is 1.39 bits per heavy atom. The second-order valence-corrected chi connectivity index (χ2v) is 20.1. The first-order chi connectivity index (χ1) is 33.9. The molecule has 400 valence electrons. The molecule has 0 bridgehead atoms. The van der Waals surface area contributed by atoms with Crippen LogP contribution in [0.1, 0.15) is 117 Å². The zero-order valence-electron chi connectivity index (χ0n) is 41.3. The number of esters is 1. The average molecular weight is 1100 g/mol. The molecule has 2 amide bonds. The number of carbonyl (C=O) groups is 4. The zero-order valence-corrected chi connectivity index (χ0v) is 44.9. The smallest absolute Gasteiger partial charge is 0.870 e. The van der Waals surface area contributed by atoms with Crippen LogP contribution in [-0.2, 0) is 75.3 Å². The molecule has 74 heavy (non-hydrogen) atoms. The fourth-order valence-corrected chi connectivity index (χ4v) is 11.0. The summed E-state index contributed by atoms with van der Waals surface area (Å²) in [5.41, 5.74) is -1.12. The Morgan fingerprint density at radius 2 is 1.05 bits per heavy atom. The van der Waals surface area contributed by atoms with Gasteiger partial charge in [-0.1, -0.05) is 49.2 Å². The summed E-state index contributed by atoms with van der Waals surface area (Å²) in [5, 5.41) is 17.1. The summed E-state index contributed by atoms with van der Waals surface area (Å²) in [6.45, 7) is 5.50. The molecule has 0 spiro atoms. The molecule has 2 aromatic carbocycles. The van der Waals surface area contributed by atoms with Crippen LogP contribution in [0.25, 0.3) is 0 Å². The zero-order chi connectivity index (χ0) is 52.4. The summed E-state index contributed by atoms with van der Waals surface area (Å²) in [4.78, 5) is 53.0. The minimum absolute atomic E-state index is 0. The van der Waals surface area contributed by atoms with Crippen LogP contribution in [0.2, 0.25) is 10.0 Å². The van der Waals surface area contributed by atoms with E-state index in [1.165, 1.54) is 29.2 Å². The first-order valence-corrected chi connectivity index (χ1v) is 24.9. The molecule has 24 heteroatoms. The Morgan fingerprint density at radius 1 is 0.676 bits per heavy atom. The van der Waals surface area contributed by atoms with Crippen molar-refractivity contribution < 1.29 is 99.2 Å². The maximum atomic E-state index is 14.4. The number of carbonyl (C=O) groups excluding carboxylic acids is 3. The van der Waals surface area contributed by atoms with Gasteiger partial charge < -0.3 is 25.1 Å². The van der Waals surface area contributed by atoms with Crippen molar-refractivity contribution in [1.29, 1.82) is 0 Å². The molecule has 2 saturated carbocycles. The van der Waals surface area contributed by atoms with Gasteiger partial charge in [0, 0.05) is 57.2 Å². The summed E-state index contributed by atoms with van der Waals surface area (Å²) in [6.07, 6.45) is -4.34. The van der Waals surface area contributed by atoms with E-state index >= 15 is 0 Å². The van der Waals surface area contributed by atoms with Crippen LogP contribution >= 0.6 is 23.2 Å². The van der Waals surface area contributed by atoms with Crippen LogP contribution in [0, 0.1) is 47.1 Å². The number of carboxylic acids is 1. The van der Waals surface area contributed by atoms with E-state index in [1.54, 1.807) is 18.7 Å². The average Bonchev–Trinajstić information content (AvgIpc) is 3.91. The Balaban J connectivity index is 0.000000267. The van der Waals surface area contributed by atoms with Crippen molar-refractivity contribution in [1.82, 2.24) is 29.4 Å². The third kappa shape index (κ3) is 14.0. The minimum atomic E-state index is -4.67. The molecule has 2 aromatic heterocycles. The Kier molecular flexibility index (Phi) is 20.7. The molecule has 2 unspecified atom stereocenters. The van der Waals surface area contributed by atoms with Gasteiger partial charge in [0.2, 0.25) is 11.8 Å². The Bertz CT molecular complexity index is 2650. The van der Waals surface area contributed by atoms with E-state index in [9.17, 15) is 59.4 Å². The van der Waals surface area contributed by atoms with Crippen LogP contribution in [-0.4, -0.2) is 83.4 Å². The molecule has 2 atom stereocenters. The molecule has 2 aliphatic heterocycles. The fraction of sp³-hybridized carbons (Fsp3) is 0.560. The van der Waals surface area contributed by atoms with Gasteiger partial charge >= 0.3 is 53.8 Å². The number of hydrogen-bond acceptors (Lipinski definition) is 8. The van der Waals surface area contributed by atoms with Gasteiger partial charge in [-0.25, -0.2) is 8.78 Å². The number of benzene rings is 2. The van der Waals surface area contributed by atoms with E-state index in [0.29, 0.717) is 58.0 Å². The molecule has 0 saturated heterocycles. The number of aliphatic carboxylic acids is 1. The Hall–Kier alpha value is -4.28. The summed E-state index contributed by atoms with van der Waals surface area (Å²) >= 11 is 11.6. The van der Waals surface area contributed by atoms with Gasteiger partial charge in [0.05, 0.1) is 56.0 Å². The van der Waals surface area contributed by atoms with Crippen molar-refractivity contribution in [2.45, 2.75) is 124 Å². The number of amides is 2. The van der Waals surface area contributed by atoms with Crippen molar-refractivity contribution >= 4 is 47.0 Å². The molecule has 2 N–H and O–H groups in total. The molecule has 4 aliphatic rings. The number of ether oxygens (including phenoxy) is 1. The van der Waals surface area contributed by atoms with Crippen LogP contribution in [0.15, 0.2) is 36.4 Å². The van der Waals surface area contributed by atoms with E-state index in [4.69, 9.17) is 27.9 Å². The number of fused-ring (bicyclic) bond motifs is 2. The second kappa shape index (κ2) is 25.2. The van der Waals surface area contributed by atoms with Crippen molar-refractivity contribution in [2.75, 3.05) is 19.7 Å². The molecular weight excluding hydrogens is 1040 g/mol. The van der Waals surface area contributed by atoms with Crippen molar-refractivity contribution in [3.05, 3.63) is 103 Å². The normalized spacial score (nSPS) is 20.6. The first-order valence-electron chi connectivity index (χ1n) is 24.1. The Labute approximate surface area is 454 Å². The van der Waals surface area contributed by atoms with Gasteiger partial charge in [-0.2, -0.15) is 36.5 Å². The monoisotopic (exact) mass is 1100 g/mol. The van der Waals surface area contributed by atoms with Gasteiger partial charge in [-0.05, 0) is 107 Å². The van der Waals surface area contributed by atoms with Gasteiger partial charge in [0.1, 0.15) is 11.6 Å². The van der Waals surface area contributed by atoms with Crippen LogP contribution in [0.4, 0.5) is 35.1 Å². The molecule has 0 radical (unpaired) electrons. The van der Waals surface area contributed by atoms with Crippen molar-refractivity contribution in [3.63, 3.8) is 0 Å². The van der Waals surface area contributed by atoms with Crippen molar-refractivity contribution in [3.8, 4) is 0 Å². The van der Waals surface area contributed by atoms with E-state index in [0.717, 1.165) is 21.5 Å². The maximum Gasteiger partial charge on any atom is 1.00 e. The van der Waals surface area contributed by atoms with E-state index < -0.39 is 47.3 Å². The standard InChI is InChI=1S/C26H30ClF4N3O3.C24H26ClF4N3O3.Na.H2O/c1-3-37-25(36)17-6-4-16(5-7-17)15(2)24(35)33-11-10-20-22(14-33)34(32-23(20)26(29,30)31)13-18-8-9-19(27)12-21(18)28;1-13(14-2-4-15(5-3-14)23(34)35)22(33)31-9-8-18-20(12-31)32(30-21(18)24(27,28)29)11-16-6-7-17(25)10-19(16)26;;/h8-9,12,15-17H,3-7,10-11,13-14H2,1-2H3;6-7,10,13-15H,2-5,8-9,11-12H2,1H3,(H,34,35);;1H2/q;;+1;/p-1. The van der Waals surface area contributed by atoms with Gasteiger partial charge in [0.25, 0.3) is 0 Å². The quantitative estimate of drug-likeness (QED) is 0.0903. The van der Waals surface area contributed by atoms with Crippen LogP contribution in [0.5, 0.6) is 0 Å². The number of carboxylic acid groups (broad SMARTS) is 1. The summed E-state index contributed by atoms with van der Waals surface area (Å²) in [7, 11) is 0. The van der Waals surface area contributed by atoms with Crippen LogP contribution < -0.4 is 29.6 Å². The second-order valence-electron chi connectivity index (χ2n) is 19.2. The van der Waals surface area contributed by atoms with E-state index in [2.05, 4.69) is 10.2 Å². The molecule has 4 aromatic rings. The number of hydrogen-bond donors (Lipinski definition) is 1. The molecule has 2 aliphatic carbocycles. The SMILES string of the molecule is CC(C(=O)N1CCc2c(C(F)(F)F)nn(Cc3ccc(Cl)cc3F)c2C1)C1CCC(C(=O)O)CC1.CCOC(=O)C1CCC(C(C)C(=O)N2CCc3c(C(F)(F)F)nn(Cc4ccc(Cl)cc4F)c3C2)CC1.[Na+].[OH-]. The minimum Gasteiger partial charge on any atom is -0.870 e. The number of rotatable bonds is 11. The van der Waals surface area contributed by atoms with E-state index in [1.807, 2.05) is 6.92 Å². The number of nitrogens with zero attached hydrogens (tertiary/aromatic N) is 6. The fourth-order valence-electron chi connectivity index (χ4n) is 10.6. The third-order valence-electron chi connectivity index (χ3n) is 14.8. The molecule has 2 fully saturated rings. The summed E-state index contributed by atoms with van der Waals surface area (Å²) in [6, 6.07) is 7.94. The molecular formula is C50H57Cl2F8N6NaO7. The maximum absolute atomic E-state index is 14.4. The largest absolute Gasteiger partial charge is 1.00 e. The summed E-state index contributed by atoms with van der Waals surface area (Å²) < 4.78 is 118. The van der Waals surface area contributed by atoms with Crippen molar-refractivity contribution in [2.24, 2.45) is 35.5 Å². The number of halogens is 10. The van der Waals surface area contributed by atoms with E-state index in [-0.39, 0.29) is 178 Å². The summed E-state index contributed by atoms with van der Waals surface area (Å²) in [5.74, 6) is -3.77. The third-order valence-corrected chi connectivity index (χ3v) is 15.3. The van der Waals surface area contributed by atoms with Gasteiger partial charge in [-0.3, -0.25) is 28.5 Å². The number of aromatic nitrogens is 4. The van der Waals surface area contributed by atoms with Gasteiger partial charge in [0.15, 0.2) is 11.4 Å². The van der Waals surface area contributed by atoms with Crippen LogP contribution in [0.3, 0.4) is 0 Å².